The summed E-state index contributed by atoms with van der Waals surface area (Å²) in [5.74, 6) is 0. The summed E-state index contributed by atoms with van der Waals surface area (Å²) >= 11 is 3.65. The molecule has 0 saturated carbocycles. The number of fused-ring (bicyclic) bond motifs is 1. The Morgan fingerprint density at radius 1 is 0.938 bits per heavy atom. The fraction of sp³-hybridized carbons (Fsp3) is 0.0667. The highest BCUT2D eigenvalue weighted by Gasteiger charge is 2.13. The smallest absolute Gasteiger partial charge is 0.0259 e. The third kappa shape index (κ3) is 1.52. The molecule has 0 saturated heterocycles. The number of rotatable bonds is 1. The van der Waals surface area contributed by atoms with E-state index in [0.717, 1.165) is 6.42 Å². The summed E-state index contributed by atoms with van der Waals surface area (Å²) < 4.78 is 1.17. The van der Waals surface area contributed by atoms with E-state index in [2.05, 4.69) is 70.5 Å². The molecule has 0 nitrogen and oxygen atoms in total. The summed E-state index contributed by atoms with van der Waals surface area (Å²) in [6, 6.07) is 14.9. The van der Waals surface area contributed by atoms with E-state index in [-0.39, 0.29) is 0 Å². The van der Waals surface area contributed by atoms with Crippen LogP contribution in [0.3, 0.4) is 0 Å². The Hall–Kier alpha value is -1.34. The number of allylic oxidation sites excluding steroid dienone is 1. The Labute approximate surface area is 104 Å². The Bertz CT molecular complexity index is 553. The number of hydrogen-bond acceptors (Lipinski definition) is 0. The lowest BCUT2D eigenvalue weighted by Gasteiger charge is -2.10. The summed E-state index contributed by atoms with van der Waals surface area (Å²) in [6.45, 7) is 0. The monoisotopic (exact) mass is 270 g/mol. The molecule has 78 valence electrons. The molecule has 0 bridgehead atoms. The molecule has 0 atom stereocenters. The summed E-state index contributed by atoms with van der Waals surface area (Å²) in [5.41, 5.74) is 5.37. The summed E-state index contributed by atoms with van der Waals surface area (Å²) in [4.78, 5) is 0. The fourth-order valence-electron chi connectivity index (χ4n) is 2.21. The summed E-state index contributed by atoms with van der Waals surface area (Å²) in [6.07, 6.45) is 5.51. The van der Waals surface area contributed by atoms with Gasteiger partial charge in [0, 0.05) is 10.0 Å². The molecule has 1 aliphatic rings. The van der Waals surface area contributed by atoms with Gasteiger partial charge in [-0.05, 0) is 29.2 Å². The molecule has 0 spiro atoms. The maximum Gasteiger partial charge on any atom is 0.0259 e. The highest BCUT2D eigenvalue weighted by Crippen LogP contribution is 2.36. The van der Waals surface area contributed by atoms with Crippen molar-refractivity contribution < 1.29 is 0 Å². The zero-order valence-corrected chi connectivity index (χ0v) is 10.4. The van der Waals surface area contributed by atoms with Gasteiger partial charge in [0.25, 0.3) is 0 Å². The van der Waals surface area contributed by atoms with Gasteiger partial charge < -0.3 is 0 Å². The van der Waals surface area contributed by atoms with E-state index < -0.39 is 0 Å². The van der Waals surface area contributed by atoms with Crippen LogP contribution in [-0.4, -0.2) is 0 Å². The Kier molecular flexibility index (Phi) is 2.41. The second-order valence-electron chi connectivity index (χ2n) is 3.97. The molecule has 2 aromatic rings. The van der Waals surface area contributed by atoms with Crippen LogP contribution in [0, 0.1) is 0 Å². The topological polar surface area (TPSA) is 0 Å². The lowest BCUT2D eigenvalue weighted by molar-refractivity contribution is 1.31. The van der Waals surface area contributed by atoms with Crippen molar-refractivity contribution in [3.05, 3.63) is 64.1 Å². The summed E-state index contributed by atoms with van der Waals surface area (Å²) in [5, 5.41) is 0. The zero-order valence-electron chi connectivity index (χ0n) is 8.78. The maximum atomic E-state index is 3.65. The molecule has 0 heterocycles. The van der Waals surface area contributed by atoms with Gasteiger partial charge in [0.2, 0.25) is 0 Å². The first kappa shape index (κ1) is 9.86. The quantitative estimate of drug-likeness (QED) is 0.706. The molecule has 16 heavy (non-hydrogen) atoms. The molecular weight excluding hydrogens is 260 g/mol. The van der Waals surface area contributed by atoms with E-state index in [1.165, 1.54) is 26.7 Å². The Morgan fingerprint density at radius 2 is 1.75 bits per heavy atom. The molecule has 0 unspecified atom stereocenters. The van der Waals surface area contributed by atoms with Gasteiger partial charge in [-0.15, -0.1) is 0 Å². The van der Waals surface area contributed by atoms with Gasteiger partial charge in [-0.2, -0.15) is 0 Å². The highest BCUT2D eigenvalue weighted by molar-refractivity contribution is 9.10. The minimum Gasteiger partial charge on any atom is -0.0795 e. The van der Waals surface area contributed by atoms with Gasteiger partial charge in [0.1, 0.15) is 0 Å². The van der Waals surface area contributed by atoms with Gasteiger partial charge >= 0.3 is 0 Å². The molecule has 0 aromatic heterocycles. The van der Waals surface area contributed by atoms with Crippen LogP contribution < -0.4 is 0 Å². The Balaban J connectivity index is 2.28. The molecule has 0 fully saturated rings. The van der Waals surface area contributed by atoms with Crippen molar-refractivity contribution in [1.29, 1.82) is 0 Å². The largest absolute Gasteiger partial charge is 0.0795 e. The van der Waals surface area contributed by atoms with Crippen molar-refractivity contribution >= 4 is 22.0 Å². The van der Waals surface area contributed by atoms with Gasteiger partial charge in [0.05, 0.1) is 0 Å². The van der Waals surface area contributed by atoms with E-state index in [9.17, 15) is 0 Å². The zero-order chi connectivity index (χ0) is 11.0. The van der Waals surface area contributed by atoms with Gasteiger partial charge in [-0.1, -0.05) is 64.5 Å². The van der Waals surface area contributed by atoms with Crippen LogP contribution in [0.5, 0.6) is 0 Å². The first-order valence-corrected chi connectivity index (χ1v) is 6.19. The third-order valence-electron chi connectivity index (χ3n) is 2.97. The van der Waals surface area contributed by atoms with Crippen LogP contribution in [-0.2, 0) is 6.42 Å². The average Bonchev–Trinajstić information content (AvgIpc) is 2.78. The minimum atomic E-state index is 1.06. The van der Waals surface area contributed by atoms with Crippen molar-refractivity contribution in [3.8, 4) is 11.1 Å². The van der Waals surface area contributed by atoms with E-state index >= 15 is 0 Å². The molecule has 0 radical (unpaired) electrons. The molecule has 0 amide bonds. The Morgan fingerprint density at radius 3 is 2.56 bits per heavy atom. The van der Waals surface area contributed by atoms with E-state index in [1.54, 1.807) is 0 Å². The number of benzene rings is 2. The molecule has 0 aliphatic heterocycles. The first-order valence-electron chi connectivity index (χ1n) is 5.39. The average molecular weight is 271 g/mol. The summed E-state index contributed by atoms with van der Waals surface area (Å²) in [7, 11) is 0. The normalized spacial score (nSPS) is 12.8. The number of hydrogen-bond donors (Lipinski definition) is 0. The lowest BCUT2D eigenvalue weighted by atomic mass is 9.97. The van der Waals surface area contributed by atoms with E-state index in [4.69, 9.17) is 0 Å². The van der Waals surface area contributed by atoms with Crippen molar-refractivity contribution in [3.63, 3.8) is 0 Å². The highest BCUT2D eigenvalue weighted by atomic mass is 79.9. The van der Waals surface area contributed by atoms with Crippen molar-refractivity contribution in [2.45, 2.75) is 6.42 Å². The van der Waals surface area contributed by atoms with Gasteiger partial charge in [-0.25, -0.2) is 0 Å². The van der Waals surface area contributed by atoms with Gasteiger partial charge in [-0.3, -0.25) is 0 Å². The second kappa shape index (κ2) is 3.91. The lowest BCUT2D eigenvalue weighted by Crippen LogP contribution is -1.88. The molecule has 1 aliphatic carbocycles. The van der Waals surface area contributed by atoms with Crippen LogP contribution in [0.2, 0.25) is 0 Å². The number of halogens is 1. The van der Waals surface area contributed by atoms with Crippen LogP contribution in [0.15, 0.2) is 53.0 Å². The fourth-order valence-corrected chi connectivity index (χ4v) is 2.78. The first-order chi connectivity index (χ1) is 7.86. The van der Waals surface area contributed by atoms with Crippen molar-refractivity contribution in [2.24, 2.45) is 0 Å². The van der Waals surface area contributed by atoms with E-state index in [0.29, 0.717) is 0 Å². The van der Waals surface area contributed by atoms with Crippen molar-refractivity contribution in [2.75, 3.05) is 0 Å². The molecular formula is C15H11Br. The molecule has 0 N–H and O–H groups in total. The SMILES string of the molecule is Brc1ccc2c(c1-c1ccccc1)C=CC2. The van der Waals surface area contributed by atoms with Gasteiger partial charge in [0.15, 0.2) is 0 Å². The second-order valence-corrected chi connectivity index (χ2v) is 4.82. The van der Waals surface area contributed by atoms with Crippen LogP contribution in [0.25, 0.3) is 17.2 Å². The molecule has 1 heteroatoms. The van der Waals surface area contributed by atoms with Crippen LogP contribution in [0.1, 0.15) is 11.1 Å². The standard InChI is InChI=1S/C15H11Br/c16-14-10-9-11-7-4-8-13(11)15(14)12-5-2-1-3-6-12/h1-6,8-10H,7H2. The third-order valence-corrected chi connectivity index (χ3v) is 3.63. The minimum absolute atomic E-state index is 1.06. The van der Waals surface area contributed by atoms with Crippen LogP contribution >= 0.6 is 15.9 Å². The van der Waals surface area contributed by atoms with Crippen LogP contribution in [0.4, 0.5) is 0 Å². The predicted octanol–water partition coefficient (Wildman–Crippen LogP) is 4.69. The molecule has 3 rings (SSSR count). The van der Waals surface area contributed by atoms with E-state index in [1.807, 2.05) is 0 Å². The van der Waals surface area contributed by atoms with Crippen molar-refractivity contribution in [1.82, 2.24) is 0 Å². The molecule has 2 aromatic carbocycles. The predicted molar refractivity (Wildman–Crippen MR) is 72.3 cm³/mol. The maximum absolute atomic E-state index is 3.65.